The quantitative estimate of drug-likeness (QED) is 0.831. The molecule has 0 radical (unpaired) electrons. The lowest BCUT2D eigenvalue weighted by Crippen LogP contribution is -2.27. The van der Waals surface area contributed by atoms with E-state index in [0.29, 0.717) is 5.82 Å². The van der Waals surface area contributed by atoms with Gasteiger partial charge in [0, 0.05) is 19.5 Å². The SMILES string of the molecule is FC(F)(F)c1ccc(N2CCCC2c2nnc3n2CCCCC3)nn1. The van der Waals surface area contributed by atoms with Crippen LogP contribution in [0, 0.1) is 0 Å². The number of aryl methyl sites for hydroxylation is 1. The largest absolute Gasteiger partial charge is 0.435 e. The van der Waals surface area contributed by atoms with Gasteiger partial charge in [0.2, 0.25) is 0 Å². The van der Waals surface area contributed by atoms with Gasteiger partial charge in [-0.1, -0.05) is 6.42 Å². The molecule has 2 aliphatic rings. The summed E-state index contributed by atoms with van der Waals surface area (Å²) in [7, 11) is 0. The summed E-state index contributed by atoms with van der Waals surface area (Å²) in [6.07, 6.45) is 1.69. The zero-order chi connectivity index (χ0) is 17.4. The van der Waals surface area contributed by atoms with Crippen LogP contribution in [0.1, 0.15) is 55.5 Å². The molecule has 0 aromatic carbocycles. The van der Waals surface area contributed by atoms with Crippen LogP contribution in [0.15, 0.2) is 12.1 Å². The Balaban J connectivity index is 1.62. The zero-order valence-electron chi connectivity index (χ0n) is 13.7. The number of nitrogens with zero attached hydrogens (tertiary/aromatic N) is 6. The Morgan fingerprint density at radius 1 is 0.920 bits per heavy atom. The van der Waals surface area contributed by atoms with Gasteiger partial charge < -0.3 is 9.47 Å². The Labute approximate surface area is 143 Å². The molecule has 1 fully saturated rings. The van der Waals surface area contributed by atoms with Gasteiger partial charge in [-0.25, -0.2) is 0 Å². The molecule has 0 N–H and O–H groups in total. The van der Waals surface area contributed by atoms with Crippen molar-refractivity contribution in [1.29, 1.82) is 0 Å². The normalized spacial score (nSPS) is 21.2. The fourth-order valence-electron chi connectivity index (χ4n) is 3.69. The van der Waals surface area contributed by atoms with Gasteiger partial charge in [0.1, 0.15) is 5.82 Å². The van der Waals surface area contributed by atoms with E-state index in [2.05, 4.69) is 25.0 Å². The van der Waals surface area contributed by atoms with Crippen molar-refractivity contribution in [3.63, 3.8) is 0 Å². The molecule has 1 atom stereocenters. The van der Waals surface area contributed by atoms with Crippen molar-refractivity contribution in [3.05, 3.63) is 29.5 Å². The topological polar surface area (TPSA) is 59.7 Å². The van der Waals surface area contributed by atoms with Crippen LogP contribution in [0.2, 0.25) is 0 Å². The Morgan fingerprint density at radius 3 is 2.56 bits per heavy atom. The Morgan fingerprint density at radius 2 is 1.80 bits per heavy atom. The first-order valence-electron chi connectivity index (χ1n) is 8.63. The van der Waals surface area contributed by atoms with E-state index in [0.717, 1.165) is 62.9 Å². The van der Waals surface area contributed by atoms with Crippen LogP contribution in [0.25, 0.3) is 0 Å². The number of alkyl halides is 3. The second kappa shape index (κ2) is 6.27. The Kier molecular flexibility index (Phi) is 4.09. The smallest absolute Gasteiger partial charge is 0.345 e. The first-order valence-corrected chi connectivity index (χ1v) is 8.63. The molecule has 0 spiro atoms. The monoisotopic (exact) mass is 352 g/mol. The predicted molar refractivity (Wildman–Crippen MR) is 83.9 cm³/mol. The Hall–Kier alpha value is -2.19. The summed E-state index contributed by atoms with van der Waals surface area (Å²) in [5.41, 5.74) is -0.969. The van der Waals surface area contributed by atoms with Crippen LogP contribution in [0.5, 0.6) is 0 Å². The number of halogens is 3. The average molecular weight is 352 g/mol. The summed E-state index contributed by atoms with van der Waals surface area (Å²) in [6, 6.07) is 2.38. The molecule has 1 saturated heterocycles. The van der Waals surface area contributed by atoms with Crippen molar-refractivity contribution in [2.75, 3.05) is 11.4 Å². The lowest BCUT2D eigenvalue weighted by atomic mass is 10.2. The minimum absolute atomic E-state index is 0.00890. The highest BCUT2D eigenvalue weighted by atomic mass is 19.4. The molecule has 2 aliphatic heterocycles. The van der Waals surface area contributed by atoms with Crippen LogP contribution in [0.4, 0.5) is 19.0 Å². The molecular weight excluding hydrogens is 333 g/mol. The van der Waals surface area contributed by atoms with E-state index in [-0.39, 0.29) is 6.04 Å². The van der Waals surface area contributed by atoms with E-state index >= 15 is 0 Å². The minimum atomic E-state index is -4.47. The van der Waals surface area contributed by atoms with Crippen LogP contribution in [0.3, 0.4) is 0 Å². The molecule has 0 amide bonds. The van der Waals surface area contributed by atoms with Crippen LogP contribution < -0.4 is 4.90 Å². The third-order valence-corrected chi connectivity index (χ3v) is 4.92. The van der Waals surface area contributed by atoms with Gasteiger partial charge in [-0.2, -0.15) is 13.2 Å². The van der Waals surface area contributed by atoms with Gasteiger partial charge in [-0.3, -0.25) is 0 Å². The van der Waals surface area contributed by atoms with E-state index < -0.39 is 11.9 Å². The number of anilines is 1. The van der Waals surface area contributed by atoms with Gasteiger partial charge in [0.05, 0.1) is 6.04 Å². The summed E-state index contributed by atoms with van der Waals surface area (Å²) >= 11 is 0. The van der Waals surface area contributed by atoms with Gasteiger partial charge in [-0.05, 0) is 37.8 Å². The first-order chi connectivity index (χ1) is 12.0. The molecule has 0 aliphatic carbocycles. The molecule has 4 rings (SSSR count). The highest BCUT2D eigenvalue weighted by Gasteiger charge is 2.35. The van der Waals surface area contributed by atoms with E-state index in [4.69, 9.17) is 0 Å². The predicted octanol–water partition coefficient (Wildman–Crippen LogP) is 3.15. The maximum Gasteiger partial charge on any atom is 0.435 e. The maximum absolute atomic E-state index is 12.7. The third kappa shape index (κ3) is 3.07. The van der Waals surface area contributed by atoms with Crippen molar-refractivity contribution >= 4 is 5.82 Å². The number of hydrogen-bond acceptors (Lipinski definition) is 5. The molecule has 2 aromatic heterocycles. The third-order valence-electron chi connectivity index (χ3n) is 4.92. The highest BCUT2D eigenvalue weighted by Crippen LogP contribution is 2.36. The van der Waals surface area contributed by atoms with E-state index in [1.807, 2.05) is 4.90 Å². The van der Waals surface area contributed by atoms with Crippen LogP contribution in [-0.4, -0.2) is 31.5 Å². The molecule has 0 saturated carbocycles. The second-order valence-electron chi connectivity index (χ2n) is 6.56. The lowest BCUT2D eigenvalue weighted by molar-refractivity contribution is -0.141. The molecule has 4 heterocycles. The summed E-state index contributed by atoms with van der Waals surface area (Å²) in [5.74, 6) is 2.37. The van der Waals surface area contributed by atoms with Gasteiger partial charge in [-0.15, -0.1) is 20.4 Å². The minimum Gasteiger partial charge on any atom is -0.345 e. The highest BCUT2D eigenvalue weighted by molar-refractivity contribution is 5.41. The van der Waals surface area contributed by atoms with Crippen molar-refractivity contribution < 1.29 is 13.2 Å². The number of hydrogen-bond donors (Lipinski definition) is 0. The molecule has 6 nitrogen and oxygen atoms in total. The van der Waals surface area contributed by atoms with E-state index in [1.165, 1.54) is 12.5 Å². The summed E-state index contributed by atoms with van der Waals surface area (Å²) < 4.78 is 40.2. The number of rotatable bonds is 2. The summed E-state index contributed by atoms with van der Waals surface area (Å²) in [5, 5.41) is 15.9. The van der Waals surface area contributed by atoms with Gasteiger partial charge in [0.15, 0.2) is 17.3 Å². The molecule has 0 bridgehead atoms. The van der Waals surface area contributed by atoms with Crippen molar-refractivity contribution in [1.82, 2.24) is 25.0 Å². The molecule has 9 heteroatoms. The molecular formula is C16H19F3N6. The first kappa shape index (κ1) is 16.3. The average Bonchev–Trinajstić information content (AvgIpc) is 3.15. The molecule has 2 aromatic rings. The van der Waals surface area contributed by atoms with Crippen molar-refractivity contribution in [2.24, 2.45) is 0 Å². The standard InChI is InChI=1S/C16H19F3N6/c17-16(18,19)12-7-8-14(21-20-12)24-10-4-5-11(24)15-23-22-13-6-2-1-3-9-25(13)15/h7-8,11H,1-6,9-10H2. The zero-order valence-corrected chi connectivity index (χ0v) is 13.7. The van der Waals surface area contributed by atoms with Crippen molar-refractivity contribution in [3.8, 4) is 0 Å². The summed E-state index contributed by atoms with van der Waals surface area (Å²) in [4.78, 5) is 2.00. The van der Waals surface area contributed by atoms with E-state index in [9.17, 15) is 13.2 Å². The number of aromatic nitrogens is 5. The van der Waals surface area contributed by atoms with E-state index in [1.54, 1.807) is 0 Å². The van der Waals surface area contributed by atoms with Crippen LogP contribution >= 0.6 is 0 Å². The second-order valence-corrected chi connectivity index (χ2v) is 6.56. The molecule has 25 heavy (non-hydrogen) atoms. The van der Waals surface area contributed by atoms with Crippen LogP contribution in [-0.2, 0) is 19.1 Å². The Bertz CT molecular complexity index is 739. The van der Waals surface area contributed by atoms with Gasteiger partial charge >= 0.3 is 6.18 Å². The maximum atomic E-state index is 12.7. The summed E-state index contributed by atoms with van der Waals surface area (Å²) in [6.45, 7) is 1.63. The lowest BCUT2D eigenvalue weighted by Gasteiger charge is -2.25. The fourth-order valence-corrected chi connectivity index (χ4v) is 3.69. The molecule has 1 unspecified atom stereocenters. The fraction of sp³-hybridized carbons (Fsp3) is 0.625. The van der Waals surface area contributed by atoms with Crippen molar-refractivity contribution in [2.45, 2.75) is 57.3 Å². The molecule has 134 valence electrons. The van der Waals surface area contributed by atoms with Gasteiger partial charge in [0.25, 0.3) is 0 Å². The number of fused-ring (bicyclic) bond motifs is 1.